The molecule has 0 radical (unpaired) electrons. The van der Waals surface area contributed by atoms with E-state index in [1.54, 1.807) is 0 Å². The fourth-order valence-corrected chi connectivity index (χ4v) is 5.65. The first-order chi connectivity index (χ1) is 10.6. The molecule has 4 saturated carbocycles. The van der Waals surface area contributed by atoms with Crippen molar-refractivity contribution in [2.24, 2.45) is 35.5 Å². The molecule has 4 fully saturated rings. The third-order valence-electron chi connectivity index (χ3n) is 6.14. The Labute approximate surface area is 136 Å². The highest BCUT2D eigenvalue weighted by Gasteiger charge is 2.62. The Morgan fingerprint density at radius 1 is 1.35 bits per heavy atom. The summed E-state index contributed by atoms with van der Waals surface area (Å²) < 4.78 is 31.0. The van der Waals surface area contributed by atoms with Gasteiger partial charge in [0.15, 0.2) is 6.61 Å². The molecule has 0 aliphatic heterocycles. The second-order valence-electron chi connectivity index (χ2n) is 8.71. The molecule has 3 nitrogen and oxygen atoms in total. The SMILES string of the molecule is CC(C)CC1C2CC3CC(CC1(O)C3)C2C(=O)OCC(C)(F)F. The molecule has 0 heterocycles. The van der Waals surface area contributed by atoms with Gasteiger partial charge in [-0.15, -0.1) is 0 Å². The van der Waals surface area contributed by atoms with E-state index in [9.17, 15) is 18.7 Å². The zero-order valence-corrected chi connectivity index (χ0v) is 14.2. The van der Waals surface area contributed by atoms with E-state index >= 15 is 0 Å². The number of esters is 1. The van der Waals surface area contributed by atoms with Crippen LogP contribution in [0.1, 0.15) is 52.9 Å². The van der Waals surface area contributed by atoms with Gasteiger partial charge in [0.2, 0.25) is 0 Å². The van der Waals surface area contributed by atoms with E-state index in [1.165, 1.54) is 0 Å². The second kappa shape index (κ2) is 5.68. The summed E-state index contributed by atoms with van der Waals surface area (Å²) >= 11 is 0. The van der Waals surface area contributed by atoms with Crippen molar-refractivity contribution in [1.29, 1.82) is 0 Å². The number of rotatable bonds is 5. The van der Waals surface area contributed by atoms with Gasteiger partial charge in [-0.3, -0.25) is 4.79 Å². The number of carbonyl (C=O) groups is 1. The second-order valence-corrected chi connectivity index (χ2v) is 8.71. The van der Waals surface area contributed by atoms with E-state index in [0.717, 1.165) is 32.6 Å². The first-order valence-electron chi connectivity index (χ1n) is 8.86. The molecule has 0 amide bonds. The van der Waals surface area contributed by atoms with Crippen LogP contribution < -0.4 is 0 Å². The summed E-state index contributed by atoms with van der Waals surface area (Å²) in [5, 5.41) is 11.1. The van der Waals surface area contributed by atoms with Crippen LogP contribution in [0.25, 0.3) is 0 Å². The Hall–Kier alpha value is -0.710. The van der Waals surface area contributed by atoms with Crippen LogP contribution in [-0.4, -0.2) is 29.2 Å². The molecule has 0 aromatic rings. The van der Waals surface area contributed by atoms with Crippen LogP contribution in [-0.2, 0) is 9.53 Å². The Balaban J connectivity index is 1.78. The van der Waals surface area contributed by atoms with Gasteiger partial charge in [0.05, 0.1) is 11.5 Å². The zero-order chi connectivity index (χ0) is 17.0. The molecule has 0 spiro atoms. The van der Waals surface area contributed by atoms with Gasteiger partial charge in [0, 0.05) is 6.92 Å². The first kappa shape index (κ1) is 17.1. The minimum atomic E-state index is -2.99. The molecule has 6 unspecified atom stereocenters. The number of aliphatic hydroxyl groups is 1. The molecule has 4 rings (SSSR count). The third-order valence-corrected chi connectivity index (χ3v) is 6.14. The largest absolute Gasteiger partial charge is 0.459 e. The van der Waals surface area contributed by atoms with Gasteiger partial charge in [0.25, 0.3) is 5.92 Å². The predicted molar refractivity (Wildman–Crippen MR) is 81.9 cm³/mol. The smallest absolute Gasteiger partial charge is 0.309 e. The fraction of sp³-hybridized carbons (Fsp3) is 0.944. The summed E-state index contributed by atoms with van der Waals surface area (Å²) in [5.74, 6) is -2.57. The molecule has 6 atom stereocenters. The molecule has 4 bridgehead atoms. The molecule has 4 aliphatic rings. The van der Waals surface area contributed by atoms with Crippen molar-refractivity contribution in [2.75, 3.05) is 6.61 Å². The zero-order valence-electron chi connectivity index (χ0n) is 14.2. The number of halogens is 2. The average Bonchev–Trinajstić information content (AvgIpc) is 2.38. The summed E-state index contributed by atoms with van der Waals surface area (Å²) in [6.45, 7) is 4.17. The number of alkyl halides is 2. The fourth-order valence-electron chi connectivity index (χ4n) is 5.65. The minimum Gasteiger partial charge on any atom is -0.459 e. The maximum atomic E-state index is 13.0. The number of hydrogen-bond acceptors (Lipinski definition) is 3. The van der Waals surface area contributed by atoms with E-state index in [2.05, 4.69) is 13.8 Å². The molecule has 132 valence electrons. The van der Waals surface area contributed by atoms with Gasteiger partial charge < -0.3 is 9.84 Å². The van der Waals surface area contributed by atoms with Crippen LogP contribution >= 0.6 is 0 Å². The number of hydrogen-bond donors (Lipinski definition) is 1. The van der Waals surface area contributed by atoms with Crippen molar-refractivity contribution in [2.45, 2.75) is 64.4 Å². The van der Waals surface area contributed by atoms with Gasteiger partial charge in [0.1, 0.15) is 0 Å². The standard InChI is InChI=1S/C18H28F2O3/c1-10(2)4-14-13-6-11-5-12(8-18(14,22)7-11)15(13)16(21)23-9-17(3,19)20/h10-15,22H,4-9H2,1-3H3. The lowest BCUT2D eigenvalue weighted by Crippen LogP contribution is -2.62. The van der Waals surface area contributed by atoms with Gasteiger partial charge >= 0.3 is 5.97 Å². The highest BCUT2D eigenvalue weighted by atomic mass is 19.3. The molecule has 5 heteroatoms. The lowest BCUT2D eigenvalue weighted by molar-refractivity contribution is -0.213. The van der Waals surface area contributed by atoms with Crippen molar-refractivity contribution >= 4 is 5.97 Å². The van der Waals surface area contributed by atoms with E-state index < -0.39 is 24.1 Å². The first-order valence-corrected chi connectivity index (χ1v) is 8.86. The number of carbonyl (C=O) groups excluding carboxylic acids is 1. The third kappa shape index (κ3) is 3.26. The molecule has 1 N–H and O–H groups in total. The van der Waals surface area contributed by atoms with E-state index in [0.29, 0.717) is 18.3 Å². The number of ether oxygens (including phenoxy) is 1. The Kier molecular flexibility index (Phi) is 4.23. The molecular formula is C18H28F2O3. The molecule has 4 aliphatic carbocycles. The molecular weight excluding hydrogens is 302 g/mol. The summed E-state index contributed by atoms with van der Waals surface area (Å²) in [7, 11) is 0. The van der Waals surface area contributed by atoms with Crippen LogP contribution in [0.2, 0.25) is 0 Å². The van der Waals surface area contributed by atoms with Crippen molar-refractivity contribution in [3.63, 3.8) is 0 Å². The van der Waals surface area contributed by atoms with Crippen LogP contribution in [0.15, 0.2) is 0 Å². The average molecular weight is 330 g/mol. The van der Waals surface area contributed by atoms with E-state index in [4.69, 9.17) is 4.74 Å². The van der Waals surface area contributed by atoms with Crippen molar-refractivity contribution in [3.05, 3.63) is 0 Å². The quantitative estimate of drug-likeness (QED) is 0.783. The summed E-state index contributed by atoms with van der Waals surface area (Å²) in [6, 6.07) is 0. The topological polar surface area (TPSA) is 46.5 Å². The lowest BCUT2D eigenvalue weighted by atomic mass is 9.45. The Bertz CT molecular complexity index is 473. The van der Waals surface area contributed by atoms with Gasteiger partial charge in [-0.2, -0.15) is 0 Å². The van der Waals surface area contributed by atoms with Crippen molar-refractivity contribution < 1.29 is 23.4 Å². The van der Waals surface area contributed by atoms with Crippen LogP contribution in [0.4, 0.5) is 8.78 Å². The van der Waals surface area contributed by atoms with E-state index in [1.807, 2.05) is 0 Å². The minimum absolute atomic E-state index is 0.0895. The molecule has 0 saturated heterocycles. The Morgan fingerprint density at radius 3 is 2.65 bits per heavy atom. The van der Waals surface area contributed by atoms with Crippen molar-refractivity contribution in [3.8, 4) is 0 Å². The molecule has 23 heavy (non-hydrogen) atoms. The Morgan fingerprint density at radius 2 is 2.04 bits per heavy atom. The van der Waals surface area contributed by atoms with Crippen molar-refractivity contribution in [1.82, 2.24) is 0 Å². The van der Waals surface area contributed by atoms with Gasteiger partial charge in [-0.05, 0) is 61.7 Å². The van der Waals surface area contributed by atoms with Crippen LogP contribution in [0.3, 0.4) is 0 Å². The van der Waals surface area contributed by atoms with Gasteiger partial charge in [-0.25, -0.2) is 8.78 Å². The normalized spacial score (nSPS) is 42.3. The van der Waals surface area contributed by atoms with E-state index in [-0.39, 0.29) is 23.7 Å². The summed E-state index contributed by atoms with van der Waals surface area (Å²) in [6.07, 6.45) is 4.20. The van der Waals surface area contributed by atoms with Gasteiger partial charge in [-0.1, -0.05) is 13.8 Å². The lowest BCUT2D eigenvalue weighted by Gasteiger charge is -2.61. The maximum absolute atomic E-state index is 13.0. The monoisotopic (exact) mass is 330 g/mol. The molecule has 0 aromatic heterocycles. The highest BCUT2D eigenvalue weighted by molar-refractivity contribution is 5.74. The molecule has 0 aromatic carbocycles. The van der Waals surface area contributed by atoms with Crippen LogP contribution in [0, 0.1) is 35.5 Å². The highest BCUT2D eigenvalue weighted by Crippen LogP contribution is 2.62. The summed E-state index contributed by atoms with van der Waals surface area (Å²) in [5.41, 5.74) is -0.660. The van der Waals surface area contributed by atoms with Crippen LogP contribution in [0.5, 0.6) is 0 Å². The summed E-state index contributed by atoms with van der Waals surface area (Å²) in [4.78, 5) is 12.5. The maximum Gasteiger partial charge on any atom is 0.309 e. The predicted octanol–water partition coefficient (Wildman–Crippen LogP) is 3.64.